The van der Waals surface area contributed by atoms with Crippen molar-refractivity contribution >= 4 is 28.5 Å². The monoisotopic (exact) mass is 412 g/mol. The third kappa shape index (κ3) is 3.93. The Morgan fingerprint density at radius 1 is 0.968 bits per heavy atom. The lowest BCUT2D eigenvalue weighted by Crippen LogP contribution is -2.35. The van der Waals surface area contributed by atoms with Crippen molar-refractivity contribution in [3.05, 3.63) is 90.3 Å². The lowest BCUT2D eigenvalue weighted by molar-refractivity contribution is -0.143. The highest BCUT2D eigenvalue weighted by atomic mass is 16.5. The number of fused-ring (bicyclic) bond motifs is 1. The number of nitrogen functional groups attached to an aromatic ring is 1. The van der Waals surface area contributed by atoms with Crippen LogP contribution in [-0.2, 0) is 9.53 Å². The molecule has 1 unspecified atom stereocenters. The van der Waals surface area contributed by atoms with Crippen LogP contribution in [0.25, 0.3) is 22.2 Å². The summed E-state index contributed by atoms with van der Waals surface area (Å²) in [6.07, 6.45) is 1.54. The van der Waals surface area contributed by atoms with E-state index in [9.17, 15) is 9.59 Å². The molecular formula is C24H20N4O3. The average molecular weight is 412 g/mol. The number of methoxy groups -OCH3 is 1. The first-order valence-corrected chi connectivity index (χ1v) is 9.63. The van der Waals surface area contributed by atoms with E-state index in [0.717, 1.165) is 5.56 Å². The summed E-state index contributed by atoms with van der Waals surface area (Å²) in [6.45, 7) is 0. The fourth-order valence-corrected chi connectivity index (χ4v) is 3.41. The maximum Gasteiger partial charge on any atom is 0.334 e. The first-order chi connectivity index (χ1) is 15.1. The largest absolute Gasteiger partial charge is 0.467 e. The Labute approximate surface area is 178 Å². The molecular weight excluding hydrogens is 392 g/mol. The molecule has 0 bridgehead atoms. The quantitative estimate of drug-likeness (QED) is 0.486. The molecule has 4 aromatic rings. The number of aromatic nitrogens is 2. The van der Waals surface area contributed by atoms with Gasteiger partial charge in [0.15, 0.2) is 6.04 Å². The van der Waals surface area contributed by atoms with Crippen LogP contribution in [0, 0.1) is 0 Å². The number of carbonyl (C=O) groups is 2. The lowest BCUT2D eigenvalue weighted by Gasteiger charge is -2.18. The number of para-hydroxylation sites is 1. The zero-order valence-electron chi connectivity index (χ0n) is 16.8. The summed E-state index contributed by atoms with van der Waals surface area (Å²) in [5, 5.41) is 3.31. The van der Waals surface area contributed by atoms with Gasteiger partial charge in [-0.1, -0.05) is 54.6 Å². The highest BCUT2D eigenvalue weighted by Crippen LogP contribution is 2.32. The van der Waals surface area contributed by atoms with Gasteiger partial charge >= 0.3 is 5.97 Å². The molecule has 0 aliphatic carbocycles. The maximum atomic E-state index is 13.4. The minimum atomic E-state index is -1.08. The highest BCUT2D eigenvalue weighted by Gasteiger charge is 2.28. The number of amides is 1. The molecule has 0 saturated heterocycles. The average Bonchev–Trinajstić information content (AvgIpc) is 2.82. The van der Waals surface area contributed by atoms with Crippen LogP contribution in [0.4, 0.5) is 5.69 Å². The third-order valence-electron chi connectivity index (χ3n) is 4.90. The topological polar surface area (TPSA) is 107 Å². The van der Waals surface area contributed by atoms with Gasteiger partial charge < -0.3 is 15.8 Å². The summed E-state index contributed by atoms with van der Waals surface area (Å²) < 4.78 is 4.88. The van der Waals surface area contributed by atoms with Gasteiger partial charge in [-0.3, -0.25) is 9.78 Å². The molecule has 0 spiro atoms. The zero-order valence-corrected chi connectivity index (χ0v) is 16.8. The molecule has 2 aromatic heterocycles. The van der Waals surface area contributed by atoms with Gasteiger partial charge in [0.2, 0.25) is 0 Å². The van der Waals surface area contributed by atoms with Crippen molar-refractivity contribution in [2.24, 2.45) is 0 Å². The molecule has 31 heavy (non-hydrogen) atoms. The Morgan fingerprint density at radius 2 is 1.68 bits per heavy atom. The summed E-state index contributed by atoms with van der Waals surface area (Å²) in [6, 6.07) is 20.6. The van der Waals surface area contributed by atoms with Gasteiger partial charge in [0.05, 0.1) is 35.3 Å². The second-order valence-electron chi connectivity index (χ2n) is 6.82. The summed E-state index contributed by atoms with van der Waals surface area (Å²) in [5.74, 6) is -1.15. The minimum Gasteiger partial charge on any atom is -0.467 e. The van der Waals surface area contributed by atoms with Crippen molar-refractivity contribution in [2.45, 2.75) is 6.04 Å². The number of nitrogens with two attached hydrogens (primary N) is 1. The van der Waals surface area contributed by atoms with E-state index in [-0.39, 0.29) is 11.3 Å². The molecule has 2 heterocycles. The van der Waals surface area contributed by atoms with Crippen molar-refractivity contribution in [3.8, 4) is 11.3 Å². The van der Waals surface area contributed by atoms with E-state index < -0.39 is 17.9 Å². The molecule has 1 amide bonds. The maximum absolute atomic E-state index is 13.4. The number of carbonyl (C=O) groups excluding carboxylic acids is 2. The van der Waals surface area contributed by atoms with Crippen molar-refractivity contribution in [3.63, 3.8) is 0 Å². The van der Waals surface area contributed by atoms with Crippen LogP contribution in [0.1, 0.15) is 22.1 Å². The first kappa shape index (κ1) is 20.0. The van der Waals surface area contributed by atoms with Gasteiger partial charge in [0.1, 0.15) is 0 Å². The van der Waals surface area contributed by atoms with Crippen molar-refractivity contribution in [1.29, 1.82) is 0 Å². The zero-order chi connectivity index (χ0) is 21.8. The van der Waals surface area contributed by atoms with Crippen molar-refractivity contribution < 1.29 is 14.3 Å². The Kier molecular flexibility index (Phi) is 5.57. The molecule has 3 N–H and O–H groups in total. The summed E-state index contributed by atoms with van der Waals surface area (Å²) in [7, 11) is 1.26. The summed E-state index contributed by atoms with van der Waals surface area (Å²) >= 11 is 0. The number of nitrogens with zero attached hydrogens (tertiary/aromatic N) is 2. The van der Waals surface area contributed by atoms with E-state index >= 15 is 0 Å². The molecule has 2 aromatic carbocycles. The number of nitrogens with one attached hydrogen (secondary N) is 1. The number of ether oxygens (including phenoxy) is 1. The molecule has 7 nitrogen and oxygen atoms in total. The number of hydrogen-bond acceptors (Lipinski definition) is 6. The van der Waals surface area contributed by atoms with Crippen LogP contribution in [0.2, 0.25) is 0 Å². The third-order valence-corrected chi connectivity index (χ3v) is 4.90. The smallest absolute Gasteiger partial charge is 0.334 e. The standard InChI is InChI=1S/C24H20N4O3/c1-31-24(30)22(18-13-7-8-14-26-18)28-23(29)19-16-11-5-6-12-17(16)27-21(20(19)25)15-9-3-2-4-10-15/h2-14,22H,25H2,1H3,(H,28,29). The summed E-state index contributed by atoms with van der Waals surface area (Å²) in [5.41, 5.74) is 9.19. The van der Waals surface area contributed by atoms with Crippen LogP contribution in [-0.4, -0.2) is 29.0 Å². The number of pyridine rings is 2. The Hall–Kier alpha value is -4.26. The Bertz CT molecular complexity index is 1240. The fraction of sp³-hybridized carbons (Fsp3) is 0.0833. The Morgan fingerprint density at radius 3 is 2.39 bits per heavy atom. The highest BCUT2D eigenvalue weighted by molar-refractivity contribution is 6.13. The number of rotatable bonds is 5. The van der Waals surface area contributed by atoms with E-state index in [1.54, 1.807) is 36.5 Å². The first-order valence-electron chi connectivity index (χ1n) is 9.63. The van der Waals surface area contributed by atoms with Gasteiger partial charge in [-0.2, -0.15) is 0 Å². The fourth-order valence-electron chi connectivity index (χ4n) is 3.41. The second-order valence-corrected chi connectivity index (χ2v) is 6.82. The number of esters is 1. The van der Waals surface area contributed by atoms with Gasteiger partial charge in [-0.25, -0.2) is 9.78 Å². The number of hydrogen-bond donors (Lipinski definition) is 2. The SMILES string of the molecule is COC(=O)C(NC(=O)c1c(N)c(-c2ccccc2)nc2ccccc12)c1ccccn1. The summed E-state index contributed by atoms with van der Waals surface area (Å²) in [4.78, 5) is 34.7. The van der Waals surface area contributed by atoms with E-state index in [2.05, 4.69) is 15.3 Å². The van der Waals surface area contributed by atoms with Crippen LogP contribution in [0.5, 0.6) is 0 Å². The van der Waals surface area contributed by atoms with Gasteiger partial charge in [0.25, 0.3) is 5.91 Å². The van der Waals surface area contributed by atoms with E-state index in [4.69, 9.17) is 10.5 Å². The molecule has 7 heteroatoms. The van der Waals surface area contributed by atoms with Gasteiger partial charge in [-0.15, -0.1) is 0 Å². The molecule has 0 aliphatic heterocycles. The van der Waals surface area contributed by atoms with Crippen LogP contribution in [0.3, 0.4) is 0 Å². The second kappa shape index (κ2) is 8.62. The van der Waals surface area contributed by atoms with Gasteiger partial charge in [-0.05, 0) is 18.2 Å². The van der Waals surface area contributed by atoms with E-state index in [1.165, 1.54) is 7.11 Å². The van der Waals surface area contributed by atoms with Crippen molar-refractivity contribution in [2.75, 3.05) is 12.8 Å². The minimum absolute atomic E-state index is 0.229. The molecule has 4 rings (SSSR count). The molecule has 1 atom stereocenters. The number of anilines is 1. The van der Waals surface area contributed by atoms with Crippen molar-refractivity contribution in [1.82, 2.24) is 15.3 Å². The molecule has 0 fully saturated rings. The van der Waals surface area contributed by atoms with E-state index in [0.29, 0.717) is 22.3 Å². The number of benzene rings is 2. The predicted molar refractivity (Wildman–Crippen MR) is 118 cm³/mol. The normalized spacial score (nSPS) is 11.6. The van der Waals surface area contributed by atoms with E-state index in [1.807, 2.05) is 42.5 Å². The van der Waals surface area contributed by atoms with Crippen LogP contribution >= 0.6 is 0 Å². The predicted octanol–water partition coefficient (Wildman–Crippen LogP) is 3.52. The molecule has 0 radical (unpaired) electrons. The van der Waals surface area contributed by atoms with Gasteiger partial charge in [0, 0.05) is 17.1 Å². The van der Waals surface area contributed by atoms with Crippen LogP contribution in [0.15, 0.2) is 79.0 Å². The molecule has 0 aliphatic rings. The van der Waals surface area contributed by atoms with Crippen LogP contribution < -0.4 is 11.1 Å². The lowest BCUT2D eigenvalue weighted by atomic mass is 10.0. The molecule has 0 saturated carbocycles. The Balaban J connectivity index is 1.83. The molecule has 154 valence electrons.